The Morgan fingerprint density at radius 1 is 1.12 bits per heavy atom. The zero-order valence-corrected chi connectivity index (χ0v) is 10.1. The van der Waals surface area contributed by atoms with Crippen LogP contribution in [-0.4, -0.2) is 18.1 Å². The highest BCUT2D eigenvalue weighted by atomic mass is 35.5. The third-order valence-electron chi connectivity index (χ3n) is 2.27. The first-order valence-electron chi connectivity index (χ1n) is 4.91. The number of hydrogen-bond donors (Lipinski definition) is 0. The number of ether oxygens (including phenoxy) is 1. The molecule has 0 saturated carbocycles. The van der Waals surface area contributed by atoms with Gasteiger partial charge in [0.25, 0.3) is 0 Å². The molecule has 0 aliphatic heterocycles. The van der Waals surface area contributed by atoms with Crippen LogP contribution in [0, 0.1) is 0 Å². The molecule has 0 saturated heterocycles. The van der Waals surface area contributed by atoms with Crippen molar-refractivity contribution in [1.29, 1.82) is 0 Å². The number of rotatable bonds is 2. The SMILES string of the molecule is COC(=O)c1ccccc1-c1ccccn1.Cl. The van der Waals surface area contributed by atoms with Crippen LogP contribution in [0.3, 0.4) is 0 Å². The molecule has 1 aromatic heterocycles. The van der Waals surface area contributed by atoms with Gasteiger partial charge in [0.2, 0.25) is 0 Å². The highest BCUT2D eigenvalue weighted by Crippen LogP contribution is 2.21. The van der Waals surface area contributed by atoms with Crippen LogP contribution < -0.4 is 0 Å². The predicted molar refractivity (Wildman–Crippen MR) is 68.3 cm³/mol. The molecule has 0 aliphatic rings. The van der Waals surface area contributed by atoms with Gasteiger partial charge in [-0.15, -0.1) is 12.4 Å². The summed E-state index contributed by atoms with van der Waals surface area (Å²) in [5.41, 5.74) is 2.09. The zero-order chi connectivity index (χ0) is 11.4. The highest BCUT2D eigenvalue weighted by molar-refractivity contribution is 5.96. The van der Waals surface area contributed by atoms with Crippen molar-refractivity contribution in [2.45, 2.75) is 0 Å². The summed E-state index contributed by atoms with van der Waals surface area (Å²) in [5.74, 6) is -0.346. The lowest BCUT2D eigenvalue weighted by atomic mass is 10.0. The largest absolute Gasteiger partial charge is 0.465 e. The van der Waals surface area contributed by atoms with E-state index in [1.165, 1.54) is 7.11 Å². The molecule has 0 N–H and O–H groups in total. The fraction of sp³-hybridized carbons (Fsp3) is 0.0769. The molecule has 0 radical (unpaired) electrons. The average Bonchev–Trinajstić information content (AvgIpc) is 2.39. The van der Waals surface area contributed by atoms with Crippen LogP contribution in [0.5, 0.6) is 0 Å². The second kappa shape index (κ2) is 6.01. The van der Waals surface area contributed by atoms with Crippen LogP contribution in [0.1, 0.15) is 10.4 Å². The lowest BCUT2D eigenvalue weighted by molar-refractivity contribution is 0.0601. The van der Waals surface area contributed by atoms with Crippen molar-refractivity contribution in [3.05, 3.63) is 54.2 Å². The molecule has 0 fully saturated rings. The number of benzene rings is 1. The number of esters is 1. The summed E-state index contributed by atoms with van der Waals surface area (Å²) in [7, 11) is 1.37. The predicted octanol–water partition coefficient (Wildman–Crippen LogP) is 2.96. The minimum Gasteiger partial charge on any atom is -0.465 e. The molecule has 0 unspecified atom stereocenters. The Labute approximate surface area is 106 Å². The average molecular weight is 250 g/mol. The van der Waals surface area contributed by atoms with Gasteiger partial charge in [0, 0.05) is 11.8 Å². The lowest BCUT2D eigenvalue weighted by Crippen LogP contribution is -2.03. The number of hydrogen-bond acceptors (Lipinski definition) is 3. The summed E-state index contributed by atoms with van der Waals surface area (Å²) in [6.45, 7) is 0. The van der Waals surface area contributed by atoms with Gasteiger partial charge in [0.05, 0.1) is 18.4 Å². The molecule has 1 aromatic carbocycles. The summed E-state index contributed by atoms with van der Waals surface area (Å²) in [6, 6.07) is 12.8. The van der Waals surface area contributed by atoms with Gasteiger partial charge in [0.1, 0.15) is 0 Å². The molecule has 0 aliphatic carbocycles. The normalized spacial score (nSPS) is 9.24. The number of carbonyl (C=O) groups excluding carboxylic acids is 1. The van der Waals surface area contributed by atoms with E-state index in [-0.39, 0.29) is 18.4 Å². The first kappa shape index (κ1) is 13.2. The molecule has 3 nitrogen and oxygen atoms in total. The van der Waals surface area contributed by atoms with Crippen molar-refractivity contribution in [2.75, 3.05) is 7.11 Å². The third kappa shape index (κ3) is 2.82. The molecule has 4 heteroatoms. The Kier molecular flexibility index (Phi) is 4.67. The summed E-state index contributed by atoms with van der Waals surface area (Å²) in [4.78, 5) is 15.8. The minimum absolute atomic E-state index is 0. The monoisotopic (exact) mass is 249 g/mol. The van der Waals surface area contributed by atoms with E-state index in [4.69, 9.17) is 4.74 Å². The standard InChI is InChI=1S/C13H11NO2.ClH/c1-16-13(15)11-7-3-2-6-10(11)12-8-4-5-9-14-12;/h2-9H,1H3;1H. The van der Waals surface area contributed by atoms with Crippen molar-refractivity contribution in [2.24, 2.45) is 0 Å². The molecule has 0 atom stereocenters. The molecule has 17 heavy (non-hydrogen) atoms. The summed E-state index contributed by atoms with van der Waals surface area (Å²) in [6.07, 6.45) is 1.70. The Morgan fingerprint density at radius 2 is 1.82 bits per heavy atom. The highest BCUT2D eigenvalue weighted by Gasteiger charge is 2.12. The van der Waals surface area contributed by atoms with E-state index < -0.39 is 0 Å². The Balaban J connectivity index is 0.00000144. The van der Waals surface area contributed by atoms with Crippen LogP contribution >= 0.6 is 12.4 Å². The van der Waals surface area contributed by atoms with Gasteiger partial charge in [-0.2, -0.15) is 0 Å². The van der Waals surface area contributed by atoms with Gasteiger partial charge in [-0.05, 0) is 18.2 Å². The van der Waals surface area contributed by atoms with Gasteiger partial charge >= 0.3 is 5.97 Å². The van der Waals surface area contributed by atoms with E-state index in [1.807, 2.05) is 30.3 Å². The maximum atomic E-state index is 11.6. The Morgan fingerprint density at radius 3 is 2.47 bits per heavy atom. The van der Waals surface area contributed by atoms with Crippen LogP contribution in [0.4, 0.5) is 0 Å². The third-order valence-corrected chi connectivity index (χ3v) is 2.27. The summed E-state index contributed by atoms with van der Waals surface area (Å²) >= 11 is 0. The first-order chi connectivity index (χ1) is 7.83. The van der Waals surface area contributed by atoms with Crippen LogP contribution in [-0.2, 0) is 4.74 Å². The number of nitrogens with zero attached hydrogens (tertiary/aromatic N) is 1. The Bertz CT molecular complexity index is 500. The second-order valence-electron chi connectivity index (χ2n) is 3.25. The lowest BCUT2D eigenvalue weighted by Gasteiger charge is -2.06. The van der Waals surface area contributed by atoms with E-state index in [9.17, 15) is 4.79 Å². The minimum atomic E-state index is -0.346. The Hall–Kier alpha value is -1.87. The summed E-state index contributed by atoms with van der Waals surface area (Å²) in [5, 5.41) is 0. The van der Waals surface area contributed by atoms with Crippen molar-refractivity contribution >= 4 is 18.4 Å². The molecule has 2 aromatic rings. The zero-order valence-electron chi connectivity index (χ0n) is 9.29. The van der Waals surface area contributed by atoms with Gasteiger partial charge in [-0.25, -0.2) is 4.79 Å². The number of halogens is 1. The van der Waals surface area contributed by atoms with Crippen molar-refractivity contribution in [3.8, 4) is 11.3 Å². The van der Waals surface area contributed by atoms with Crippen molar-refractivity contribution in [3.63, 3.8) is 0 Å². The molecular weight excluding hydrogens is 238 g/mol. The van der Waals surface area contributed by atoms with E-state index in [0.29, 0.717) is 5.56 Å². The smallest absolute Gasteiger partial charge is 0.338 e. The number of methoxy groups -OCH3 is 1. The van der Waals surface area contributed by atoms with Gasteiger partial charge in [-0.3, -0.25) is 4.98 Å². The maximum Gasteiger partial charge on any atom is 0.338 e. The molecule has 88 valence electrons. The molecule has 1 heterocycles. The van der Waals surface area contributed by atoms with Crippen LogP contribution in [0.15, 0.2) is 48.7 Å². The molecule has 0 amide bonds. The van der Waals surface area contributed by atoms with Gasteiger partial charge < -0.3 is 4.74 Å². The first-order valence-corrected chi connectivity index (χ1v) is 4.91. The van der Waals surface area contributed by atoms with E-state index in [1.54, 1.807) is 18.3 Å². The number of carbonyl (C=O) groups is 1. The summed E-state index contributed by atoms with van der Waals surface area (Å²) < 4.78 is 4.73. The van der Waals surface area contributed by atoms with E-state index in [0.717, 1.165) is 11.3 Å². The molecule has 0 bridgehead atoms. The van der Waals surface area contributed by atoms with E-state index >= 15 is 0 Å². The van der Waals surface area contributed by atoms with E-state index in [2.05, 4.69) is 4.98 Å². The van der Waals surface area contributed by atoms with Crippen molar-refractivity contribution < 1.29 is 9.53 Å². The fourth-order valence-electron chi connectivity index (χ4n) is 1.52. The van der Waals surface area contributed by atoms with Gasteiger partial charge in [-0.1, -0.05) is 24.3 Å². The van der Waals surface area contributed by atoms with Crippen LogP contribution in [0.2, 0.25) is 0 Å². The van der Waals surface area contributed by atoms with Gasteiger partial charge in [0.15, 0.2) is 0 Å². The molecule has 0 spiro atoms. The van der Waals surface area contributed by atoms with Crippen molar-refractivity contribution in [1.82, 2.24) is 4.98 Å². The quantitative estimate of drug-likeness (QED) is 0.768. The number of aromatic nitrogens is 1. The fourth-order valence-corrected chi connectivity index (χ4v) is 1.52. The topological polar surface area (TPSA) is 39.2 Å². The number of pyridine rings is 1. The molecule has 2 rings (SSSR count). The molecular formula is C13H12ClNO2. The second-order valence-corrected chi connectivity index (χ2v) is 3.25. The maximum absolute atomic E-state index is 11.6. The van der Waals surface area contributed by atoms with Crippen LogP contribution in [0.25, 0.3) is 11.3 Å².